The number of carbonyl (C=O) groups excluding carboxylic acids is 1. The van der Waals surface area contributed by atoms with E-state index in [1.165, 1.54) is 10.5 Å². The van der Waals surface area contributed by atoms with Crippen molar-refractivity contribution < 1.29 is 4.79 Å². The molecule has 3 aromatic rings. The lowest BCUT2D eigenvalue weighted by Gasteiger charge is -2.45. The van der Waals surface area contributed by atoms with Gasteiger partial charge in [-0.2, -0.15) is 0 Å². The molecule has 2 atom stereocenters. The molecule has 0 bridgehead atoms. The molecule has 1 saturated heterocycles. The van der Waals surface area contributed by atoms with Crippen LogP contribution in [0.5, 0.6) is 0 Å². The molecule has 2 N–H and O–H groups in total. The molecule has 160 valence electrons. The fourth-order valence-corrected chi connectivity index (χ4v) is 5.25. The Balaban J connectivity index is 1.79. The highest BCUT2D eigenvalue weighted by molar-refractivity contribution is 7.10. The maximum Gasteiger partial charge on any atom is 0.239 e. The number of hydrogen-bond donors (Lipinski definition) is 2. The van der Waals surface area contributed by atoms with E-state index in [9.17, 15) is 4.79 Å². The van der Waals surface area contributed by atoms with Crippen LogP contribution in [-0.4, -0.2) is 28.8 Å². The van der Waals surface area contributed by atoms with Gasteiger partial charge in [-0.15, -0.1) is 11.3 Å². The van der Waals surface area contributed by atoms with E-state index in [1.54, 1.807) is 18.4 Å². The van der Waals surface area contributed by atoms with Crippen molar-refractivity contribution in [1.29, 1.82) is 5.41 Å². The van der Waals surface area contributed by atoms with Crippen LogP contribution in [0.3, 0.4) is 0 Å². The summed E-state index contributed by atoms with van der Waals surface area (Å²) >= 11 is 1.61. The van der Waals surface area contributed by atoms with Crippen LogP contribution in [0.2, 0.25) is 0 Å². The molecular formula is C25H28N4OS. The van der Waals surface area contributed by atoms with Crippen molar-refractivity contribution in [3.8, 4) is 11.1 Å². The molecule has 31 heavy (non-hydrogen) atoms. The minimum atomic E-state index is -0.722. The van der Waals surface area contributed by atoms with Gasteiger partial charge in [-0.25, -0.2) is 0 Å². The first-order chi connectivity index (χ1) is 14.7. The zero-order valence-electron chi connectivity index (χ0n) is 18.6. The lowest BCUT2D eigenvalue weighted by Crippen LogP contribution is -2.62. The number of nitrogens with one attached hydrogen (secondary N) is 2. The van der Waals surface area contributed by atoms with Crippen molar-refractivity contribution >= 4 is 23.2 Å². The number of guanidine groups is 1. The fourth-order valence-electron chi connectivity index (χ4n) is 4.18. The van der Waals surface area contributed by atoms with E-state index in [2.05, 4.69) is 65.9 Å². The van der Waals surface area contributed by atoms with Crippen LogP contribution in [0.25, 0.3) is 11.1 Å². The standard InChI is InChI=1S/C25H28N4OS/c1-15(2)17-6-8-18(9-7-17)22-23(30)29(5)24(26)28-25(22,4)21-11-20(14-31-21)19-10-16(3)12-27-13-19/h6-15,22H,1-5H3,(H2,26,28)/t22-,25+/m0/s1. The van der Waals surface area contributed by atoms with Gasteiger partial charge < -0.3 is 5.32 Å². The summed E-state index contributed by atoms with van der Waals surface area (Å²) in [5, 5.41) is 13.8. The number of pyridine rings is 1. The molecule has 4 rings (SSSR count). The predicted octanol–water partition coefficient (Wildman–Crippen LogP) is 5.24. The molecule has 0 radical (unpaired) electrons. The van der Waals surface area contributed by atoms with Gasteiger partial charge >= 0.3 is 0 Å². The highest BCUT2D eigenvalue weighted by atomic mass is 32.1. The number of rotatable bonds is 4. The summed E-state index contributed by atoms with van der Waals surface area (Å²) in [5.41, 5.74) is 4.71. The van der Waals surface area contributed by atoms with Crippen LogP contribution in [-0.2, 0) is 10.3 Å². The number of hydrogen-bond acceptors (Lipinski definition) is 4. The predicted molar refractivity (Wildman–Crippen MR) is 127 cm³/mol. The summed E-state index contributed by atoms with van der Waals surface area (Å²) in [6.07, 6.45) is 3.70. The number of thiophene rings is 1. The maximum atomic E-state index is 13.4. The van der Waals surface area contributed by atoms with E-state index >= 15 is 0 Å². The average Bonchev–Trinajstić information content (AvgIpc) is 3.24. The second-order valence-electron chi connectivity index (χ2n) is 8.78. The van der Waals surface area contributed by atoms with E-state index in [1.807, 2.05) is 26.2 Å². The third kappa shape index (κ3) is 3.76. The van der Waals surface area contributed by atoms with Crippen LogP contribution < -0.4 is 5.32 Å². The molecule has 5 nitrogen and oxygen atoms in total. The SMILES string of the molecule is Cc1cncc(-c2csc([C@@]3(C)NC(=N)N(C)C(=O)[C@@H]3c3ccc(C(C)C)cc3)c2)c1. The largest absolute Gasteiger partial charge is 0.345 e. The Morgan fingerprint density at radius 3 is 2.52 bits per heavy atom. The van der Waals surface area contributed by atoms with Gasteiger partial charge in [0.25, 0.3) is 0 Å². The van der Waals surface area contributed by atoms with E-state index in [0.717, 1.165) is 27.1 Å². The summed E-state index contributed by atoms with van der Waals surface area (Å²) in [7, 11) is 1.66. The number of amides is 1. The zero-order chi connectivity index (χ0) is 22.3. The molecule has 0 unspecified atom stereocenters. The number of aryl methyl sites for hydroxylation is 1. The van der Waals surface area contributed by atoms with E-state index in [-0.39, 0.29) is 11.9 Å². The third-order valence-electron chi connectivity index (χ3n) is 6.12. The number of likely N-dealkylation sites (N-methyl/N-ethyl adjacent to an activating group) is 1. The number of aromatic nitrogens is 1. The topological polar surface area (TPSA) is 69.1 Å². The Morgan fingerprint density at radius 1 is 1.16 bits per heavy atom. The summed E-state index contributed by atoms with van der Waals surface area (Å²) in [4.78, 5) is 20.1. The van der Waals surface area contributed by atoms with Gasteiger partial charge in [0.2, 0.25) is 5.91 Å². The molecule has 6 heteroatoms. The number of nitrogens with zero attached hydrogens (tertiary/aromatic N) is 2. The van der Waals surface area contributed by atoms with Crippen molar-refractivity contribution in [3.63, 3.8) is 0 Å². The van der Waals surface area contributed by atoms with Gasteiger partial charge in [0.15, 0.2) is 5.96 Å². The number of benzene rings is 1. The van der Waals surface area contributed by atoms with Gasteiger partial charge in [-0.05, 0) is 59.5 Å². The molecule has 0 saturated carbocycles. The van der Waals surface area contributed by atoms with Crippen molar-refractivity contribution in [1.82, 2.24) is 15.2 Å². The van der Waals surface area contributed by atoms with Crippen molar-refractivity contribution in [2.45, 2.75) is 45.1 Å². The van der Waals surface area contributed by atoms with Gasteiger partial charge in [0.05, 0.1) is 11.5 Å². The van der Waals surface area contributed by atoms with Crippen LogP contribution in [0.4, 0.5) is 0 Å². The van der Waals surface area contributed by atoms with Crippen molar-refractivity contribution in [2.75, 3.05) is 7.05 Å². The molecule has 0 spiro atoms. The molecule has 1 aromatic carbocycles. The summed E-state index contributed by atoms with van der Waals surface area (Å²) in [6, 6.07) is 12.5. The van der Waals surface area contributed by atoms with Crippen LogP contribution >= 0.6 is 11.3 Å². The fraction of sp³-hybridized carbons (Fsp3) is 0.320. The van der Waals surface area contributed by atoms with Gasteiger partial charge in [0.1, 0.15) is 0 Å². The molecule has 1 aliphatic rings. The lowest BCUT2D eigenvalue weighted by molar-refractivity contribution is -0.131. The molecule has 2 aromatic heterocycles. The summed E-state index contributed by atoms with van der Waals surface area (Å²) < 4.78 is 0. The Labute approximate surface area is 187 Å². The Hall–Kier alpha value is -2.99. The van der Waals surface area contributed by atoms with Gasteiger partial charge in [-0.3, -0.25) is 20.1 Å². The Kier molecular flexibility index (Phi) is 5.43. The average molecular weight is 433 g/mol. The first-order valence-electron chi connectivity index (χ1n) is 10.5. The molecule has 1 fully saturated rings. The first kappa shape index (κ1) is 21.2. The quantitative estimate of drug-likeness (QED) is 0.593. The molecule has 0 aliphatic carbocycles. The van der Waals surface area contributed by atoms with E-state index in [4.69, 9.17) is 5.41 Å². The normalized spacial score (nSPS) is 21.5. The van der Waals surface area contributed by atoms with E-state index < -0.39 is 11.5 Å². The van der Waals surface area contributed by atoms with Crippen LogP contribution in [0, 0.1) is 12.3 Å². The van der Waals surface area contributed by atoms with Gasteiger partial charge in [0, 0.05) is 29.9 Å². The third-order valence-corrected chi connectivity index (χ3v) is 7.29. The minimum Gasteiger partial charge on any atom is -0.345 e. The minimum absolute atomic E-state index is 0.0734. The zero-order valence-corrected chi connectivity index (χ0v) is 19.4. The van der Waals surface area contributed by atoms with Gasteiger partial charge in [-0.1, -0.05) is 38.1 Å². The summed E-state index contributed by atoms with van der Waals surface area (Å²) in [6.45, 7) is 8.38. The lowest BCUT2D eigenvalue weighted by atomic mass is 9.76. The highest BCUT2D eigenvalue weighted by Crippen LogP contribution is 2.44. The van der Waals surface area contributed by atoms with Crippen molar-refractivity contribution in [2.24, 2.45) is 0 Å². The summed E-state index contributed by atoms with van der Waals surface area (Å²) in [5.74, 6) is 0.0413. The first-order valence-corrected chi connectivity index (χ1v) is 11.3. The monoisotopic (exact) mass is 432 g/mol. The second kappa shape index (κ2) is 7.93. The van der Waals surface area contributed by atoms with Crippen LogP contribution in [0.15, 0.2) is 54.2 Å². The van der Waals surface area contributed by atoms with E-state index in [0.29, 0.717) is 5.92 Å². The highest BCUT2D eigenvalue weighted by Gasteiger charge is 2.49. The second-order valence-corrected chi connectivity index (χ2v) is 9.69. The number of carbonyl (C=O) groups is 1. The molecular weight excluding hydrogens is 404 g/mol. The Bertz CT molecular complexity index is 1130. The molecule has 3 heterocycles. The van der Waals surface area contributed by atoms with Crippen molar-refractivity contribution in [3.05, 3.63) is 75.7 Å². The van der Waals surface area contributed by atoms with Crippen LogP contribution in [0.1, 0.15) is 54.2 Å². The molecule has 1 amide bonds. The molecule has 1 aliphatic heterocycles. The smallest absolute Gasteiger partial charge is 0.239 e. The Morgan fingerprint density at radius 2 is 1.87 bits per heavy atom. The maximum absolute atomic E-state index is 13.4.